The van der Waals surface area contributed by atoms with Crippen molar-refractivity contribution in [2.24, 2.45) is 5.92 Å². The van der Waals surface area contributed by atoms with E-state index in [1.807, 2.05) is 0 Å². The average Bonchev–Trinajstić information content (AvgIpc) is 3.33. The smallest absolute Gasteiger partial charge is 0.470 e. The van der Waals surface area contributed by atoms with Gasteiger partial charge in [0.2, 0.25) is 5.89 Å². The fourth-order valence-corrected chi connectivity index (χ4v) is 3.55. The maximum absolute atomic E-state index is 12.7. The van der Waals surface area contributed by atoms with E-state index in [4.69, 9.17) is 9.52 Å². The van der Waals surface area contributed by atoms with Crippen LogP contribution >= 0.6 is 0 Å². The number of alkyl halides is 3. The second-order valence-corrected chi connectivity index (χ2v) is 8.29. The first kappa shape index (κ1) is 25.9. The Balaban J connectivity index is 1.72. The average molecular weight is 489 g/mol. The molecule has 0 fully saturated rings. The van der Waals surface area contributed by atoms with Crippen LogP contribution in [0.5, 0.6) is 0 Å². The van der Waals surface area contributed by atoms with E-state index < -0.39 is 18.0 Å². The molecule has 2 atom stereocenters. The minimum Gasteiger partial charge on any atom is -0.481 e. The molecule has 2 aromatic carbocycles. The van der Waals surface area contributed by atoms with Gasteiger partial charge in [-0.1, -0.05) is 32.4 Å². The third kappa shape index (κ3) is 6.91. The van der Waals surface area contributed by atoms with Gasteiger partial charge in [-0.25, -0.2) is 0 Å². The number of hydrogen-bond acceptors (Lipinski definition) is 6. The summed E-state index contributed by atoms with van der Waals surface area (Å²) in [5.74, 6) is -2.41. The summed E-state index contributed by atoms with van der Waals surface area (Å²) in [6.45, 7) is 4.14. The quantitative estimate of drug-likeness (QED) is 0.301. The summed E-state index contributed by atoms with van der Waals surface area (Å²) >= 11 is 0. The van der Waals surface area contributed by atoms with Crippen LogP contribution in [0.25, 0.3) is 11.5 Å². The van der Waals surface area contributed by atoms with Crippen molar-refractivity contribution in [1.82, 2.24) is 10.2 Å². The number of anilines is 1. The maximum atomic E-state index is 12.7. The monoisotopic (exact) mass is 489 g/mol. The molecule has 7 nitrogen and oxygen atoms in total. The van der Waals surface area contributed by atoms with Gasteiger partial charge < -0.3 is 14.8 Å². The zero-order valence-corrected chi connectivity index (χ0v) is 19.3. The first-order chi connectivity index (χ1) is 16.6. The molecule has 186 valence electrons. The zero-order valence-electron chi connectivity index (χ0n) is 19.3. The highest BCUT2D eigenvalue weighted by Gasteiger charge is 2.38. The Bertz CT molecular complexity index is 1140. The summed E-state index contributed by atoms with van der Waals surface area (Å²) in [5.41, 5.74) is 2.62. The number of carbonyl (C=O) groups excluding carboxylic acids is 1. The van der Waals surface area contributed by atoms with Gasteiger partial charge in [-0.05, 0) is 54.3 Å². The summed E-state index contributed by atoms with van der Waals surface area (Å²) in [6.07, 6.45) is -3.41. The predicted molar refractivity (Wildman–Crippen MR) is 123 cm³/mol. The van der Waals surface area contributed by atoms with E-state index in [0.717, 1.165) is 17.7 Å². The molecule has 0 aliphatic carbocycles. The Labute approximate surface area is 200 Å². The highest BCUT2D eigenvalue weighted by Crippen LogP contribution is 2.33. The second kappa shape index (κ2) is 11.2. The first-order valence-corrected chi connectivity index (χ1v) is 11.2. The summed E-state index contributed by atoms with van der Waals surface area (Å²) in [6, 6.07) is 13.8. The van der Waals surface area contributed by atoms with Crippen molar-refractivity contribution >= 4 is 17.4 Å². The number of rotatable bonds is 11. The van der Waals surface area contributed by atoms with Gasteiger partial charge in [-0.2, -0.15) is 13.2 Å². The lowest BCUT2D eigenvalue weighted by atomic mass is 9.91. The number of benzene rings is 2. The van der Waals surface area contributed by atoms with Crippen molar-refractivity contribution in [1.29, 1.82) is 0 Å². The summed E-state index contributed by atoms with van der Waals surface area (Å²) < 4.78 is 42.9. The lowest BCUT2D eigenvalue weighted by Gasteiger charge is -2.26. The maximum Gasteiger partial charge on any atom is 0.470 e. The Hall–Kier alpha value is -3.69. The molecule has 0 bridgehead atoms. The van der Waals surface area contributed by atoms with E-state index >= 15 is 0 Å². The second-order valence-electron chi connectivity index (χ2n) is 8.29. The Morgan fingerprint density at radius 1 is 1.03 bits per heavy atom. The highest BCUT2D eigenvalue weighted by molar-refractivity contribution is 5.96. The molecule has 0 aliphatic heterocycles. The first-order valence-electron chi connectivity index (χ1n) is 11.2. The Morgan fingerprint density at radius 3 is 2.23 bits per heavy atom. The zero-order chi connectivity index (χ0) is 25.6. The van der Waals surface area contributed by atoms with Crippen LogP contribution in [-0.4, -0.2) is 27.1 Å². The lowest BCUT2D eigenvalue weighted by Crippen LogP contribution is -2.18. The number of carbonyl (C=O) groups is 2. The van der Waals surface area contributed by atoms with Gasteiger partial charge in [-0.15, -0.1) is 10.2 Å². The van der Waals surface area contributed by atoms with E-state index in [1.165, 1.54) is 0 Å². The molecule has 2 N–H and O–H groups in total. The van der Waals surface area contributed by atoms with Crippen LogP contribution in [-0.2, 0) is 11.0 Å². The van der Waals surface area contributed by atoms with E-state index in [0.29, 0.717) is 17.5 Å². The summed E-state index contributed by atoms with van der Waals surface area (Å²) in [5, 5.41) is 18.7. The van der Waals surface area contributed by atoms with Gasteiger partial charge in [-0.3, -0.25) is 9.59 Å². The molecule has 1 aromatic heterocycles. The third-order valence-corrected chi connectivity index (χ3v) is 5.72. The molecule has 0 saturated carbocycles. The topological polar surface area (TPSA) is 105 Å². The number of Topliss-reactive ketones (excluding diaryl/α,β-unsaturated/α-hetero) is 1. The molecule has 1 unspecified atom stereocenters. The molecule has 0 amide bonds. The fourth-order valence-electron chi connectivity index (χ4n) is 3.55. The SMILES string of the molecule is CCC(C)[C@@H](Nc1ccc(C(=O)CCCC(=O)O)cc1)c1ccc(-c2nnc(C(F)(F)F)o2)cc1. The van der Waals surface area contributed by atoms with Crippen molar-refractivity contribution < 1.29 is 32.3 Å². The van der Waals surface area contributed by atoms with Gasteiger partial charge in [0.05, 0.1) is 6.04 Å². The highest BCUT2D eigenvalue weighted by atomic mass is 19.4. The van der Waals surface area contributed by atoms with Crippen molar-refractivity contribution in [3.63, 3.8) is 0 Å². The number of aliphatic carboxylic acids is 1. The number of hydrogen-bond donors (Lipinski definition) is 2. The number of nitrogens with zero attached hydrogens (tertiary/aromatic N) is 2. The standard InChI is InChI=1S/C25H26F3N3O4/c1-3-15(2)22(29-19-13-11-16(12-14-19)20(32)5-4-6-21(33)34)17-7-9-18(10-8-17)23-30-31-24(35-23)25(26,27)28/h7-15,22,29H,3-6H2,1-2H3,(H,33,34)/t15?,22-/m1/s1. The largest absolute Gasteiger partial charge is 0.481 e. The number of halogens is 3. The van der Waals surface area contributed by atoms with Gasteiger partial charge in [0, 0.05) is 29.7 Å². The molecule has 10 heteroatoms. The van der Waals surface area contributed by atoms with Crippen LogP contribution in [0.1, 0.15) is 67.4 Å². The van der Waals surface area contributed by atoms with E-state index in [-0.39, 0.29) is 36.5 Å². The molecule has 3 aromatic rings. The molecule has 0 aliphatic rings. The van der Waals surface area contributed by atoms with Crippen LogP contribution in [0.15, 0.2) is 52.9 Å². The molecule has 0 spiro atoms. The van der Waals surface area contributed by atoms with Crippen molar-refractivity contribution in [2.45, 2.75) is 51.7 Å². The number of carboxylic acids is 1. The Morgan fingerprint density at radius 2 is 1.69 bits per heavy atom. The van der Waals surface area contributed by atoms with Crippen molar-refractivity contribution in [3.8, 4) is 11.5 Å². The number of nitrogens with one attached hydrogen (secondary N) is 1. The lowest BCUT2D eigenvalue weighted by molar-refractivity contribution is -0.157. The third-order valence-electron chi connectivity index (χ3n) is 5.72. The van der Waals surface area contributed by atoms with E-state index in [9.17, 15) is 22.8 Å². The van der Waals surface area contributed by atoms with Crippen LogP contribution in [0.2, 0.25) is 0 Å². The van der Waals surface area contributed by atoms with Crippen LogP contribution < -0.4 is 5.32 Å². The van der Waals surface area contributed by atoms with Crippen molar-refractivity contribution in [3.05, 3.63) is 65.5 Å². The van der Waals surface area contributed by atoms with Crippen LogP contribution in [0.3, 0.4) is 0 Å². The molecule has 0 saturated heterocycles. The number of carboxylic acid groups (broad SMARTS) is 1. The van der Waals surface area contributed by atoms with Crippen LogP contribution in [0.4, 0.5) is 18.9 Å². The predicted octanol–water partition coefficient (Wildman–Crippen LogP) is 6.39. The molecule has 3 rings (SSSR count). The van der Waals surface area contributed by atoms with Gasteiger partial charge >= 0.3 is 18.0 Å². The number of ketones is 1. The van der Waals surface area contributed by atoms with Crippen LogP contribution in [0, 0.1) is 5.92 Å². The summed E-state index contributed by atoms with van der Waals surface area (Å²) in [4.78, 5) is 22.9. The van der Waals surface area contributed by atoms with Crippen molar-refractivity contribution in [2.75, 3.05) is 5.32 Å². The minimum absolute atomic E-state index is 0.0449. The molecule has 1 heterocycles. The van der Waals surface area contributed by atoms with E-state index in [2.05, 4.69) is 29.4 Å². The molecular weight excluding hydrogens is 463 g/mol. The van der Waals surface area contributed by atoms with Gasteiger partial charge in [0.25, 0.3) is 0 Å². The molecule has 35 heavy (non-hydrogen) atoms. The fraction of sp³-hybridized carbons (Fsp3) is 0.360. The minimum atomic E-state index is -4.70. The van der Waals surface area contributed by atoms with Gasteiger partial charge in [0.1, 0.15) is 0 Å². The van der Waals surface area contributed by atoms with E-state index in [1.54, 1.807) is 48.5 Å². The Kier molecular flexibility index (Phi) is 8.26. The number of aromatic nitrogens is 2. The van der Waals surface area contributed by atoms with Gasteiger partial charge in [0.15, 0.2) is 5.78 Å². The molecular formula is C25H26F3N3O4. The normalized spacial score (nSPS) is 13.3. The molecule has 0 radical (unpaired) electrons. The summed E-state index contributed by atoms with van der Waals surface area (Å²) in [7, 11) is 0.